The zero-order valence-electron chi connectivity index (χ0n) is 10.8. The van der Waals surface area contributed by atoms with Crippen molar-refractivity contribution in [2.24, 2.45) is 0 Å². The fourth-order valence-electron chi connectivity index (χ4n) is 1.84. The molecule has 1 atom stereocenters. The summed E-state index contributed by atoms with van der Waals surface area (Å²) >= 11 is 1.71. The molecule has 98 valence electrons. The molecule has 2 aromatic rings. The molecule has 0 aliphatic rings. The number of benzene rings is 1. The van der Waals surface area contributed by atoms with E-state index in [1.54, 1.807) is 25.6 Å². The summed E-state index contributed by atoms with van der Waals surface area (Å²) in [6, 6.07) is 8.28. The molecule has 2 rings (SSSR count). The Hall–Kier alpha value is -1.01. The highest BCUT2D eigenvalue weighted by Crippen LogP contribution is 2.21. The SMILES string of the molecule is COC(OC)C(C)NCc1nc2ccccc2s1. The zero-order chi connectivity index (χ0) is 13.0. The highest BCUT2D eigenvalue weighted by Gasteiger charge is 2.15. The van der Waals surface area contributed by atoms with Crippen LogP contribution in [0.1, 0.15) is 11.9 Å². The first-order valence-corrected chi connectivity index (χ1v) is 6.69. The molecule has 0 saturated carbocycles. The first-order valence-electron chi connectivity index (χ1n) is 5.88. The molecule has 5 heteroatoms. The lowest BCUT2D eigenvalue weighted by Gasteiger charge is -2.21. The molecule has 1 aromatic heterocycles. The topological polar surface area (TPSA) is 43.4 Å². The third-order valence-corrected chi connectivity index (χ3v) is 3.82. The largest absolute Gasteiger partial charge is 0.354 e. The quantitative estimate of drug-likeness (QED) is 0.815. The van der Waals surface area contributed by atoms with Crippen LogP contribution in [0.5, 0.6) is 0 Å². The Morgan fingerprint density at radius 3 is 2.67 bits per heavy atom. The van der Waals surface area contributed by atoms with Gasteiger partial charge in [0.2, 0.25) is 0 Å². The van der Waals surface area contributed by atoms with E-state index in [9.17, 15) is 0 Å². The molecule has 1 aromatic carbocycles. The monoisotopic (exact) mass is 266 g/mol. The van der Waals surface area contributed by atoms with Crippen molar-refractivity contribution in [2.45, 2.75) is 25.8 Å². The van der Waals surface area contributed by atoms with E-state index in [4.69, 9.17) is 9.47 Å². The average Bonchev–Trinajstić information content (AvgIpc) is 2.80. The summed E-state index contributed by atoms with van der Waals surface area (Å²) in [7, 11) is 3.29. The Kier molecular flexibility index (Phi) is 4.66. The number of fused-ring (bicyclic) bond motifs is 1. The van der Waals surface area contributed by atoms with Crippen molar-refractivity contribution < 1.29 is 9.47 Å². The normalized spacial score (nSPS) is 13.3. The Labute approximate surface area is 111 Å². The van der Waals surface area contributed by atoms with Gasteiger partial charge >= 0.3 is 0 Å². The molecule has 1 N–H and O–H groups in total. The number of para-hydroxylation sites is 1. The van der Waals surface area contributed by atoms with Crippen molar-refractivity contribution >= 4 is 21.6 Å². The molecular formula is C13H18N2O2S. The Morgan fingerprint density at radius 1 is 1.28 bits per heavy atom. The first-order chi connectivity index (χ1) is 8.74. The summed E-state index contributed by atoms with van der Waals surface area (Å²) in [5, 5.41) is 4.44. The number of methoxy groups -OCH3 is 2. The van der Waals surface area contributed by atoms with Crippen LogP contribution in [0.25, 0.3) is 10.2 Å². The van der Waals surface area contributed by atoms with E-state index in [2.05, 4.69) is 16.4 Å². The predicted octanol–water partition coefficient (Wildman–Crippen LogP) is 2.39. The van der Waals surface area contributed by atoms with Crippen LogP contribution in [-0.2, 0) is 16.0 Å². The van der Waals surface area contributed by atoms with E-state index in [0.717, 1.165) is 17.1 Å². The predicted molar refractivity (Wildman–Crippen MR) is 73.7 cm³/mol. The summed E-state index contributed by atoms with van der Waals surface area (Å²) in [6.45, 7) is 2.76. The molecule has 0 aliphatic carbocycles. The maximum atomic E-state index is 5.21. The number of hydrogen-bond donors (Lipinski definition) is 1. The first kappa shape index (κ1) is 13.4. The molecule has 0 fully saturated rings. The molecule has 0 saturated heterocycles. The van der Waals surface area contributed by atoms with Gasteiger partial charge in [-0.25, -0.2) is 4.98 Å². The van der Waals surface area contributed by atoms with Gasteiger partial charge in [0.15, 0.2) is 6.29 Å². The van der Waals surface area contributed by atoms with Crippen LogP contribution in [0, 0.1) is 0 Å². The second kappa shape index (κ2) is 6.24. The lowest BCUT2D eigenvalue weighted by atomic mass is 10.3. The third kappa shape index (κ3) is 3.05. The van der Waals surface area contributed by atoms with Gasteiger partial charge in [-0.05, 0) is 19.1 Å². The van der Waals surface area contributed by atoms with Crippen LogP contribution in [0.15, 0.2) is 24.3 Å². The van der Waals surface area contributed by atoms with Crippen molar-refractivity contribution in [3.63, 3.8) is 0 Å². The minimum absolute atomic E-state index is 0.118. The number of rotatable bonds is 6. The average molecular weight is 266 g/mol. The minimum Gasteiger partial charge on any atom is -0.354 e. The summed E-state index contributed by atoms with van der Waals surface area (Å²) in [5.74, 6) is 0. The standard InChI is InChI=1S/C13H18N2O2S/c1-9(13(16-2)17-3)14-8-12-15-10-6-4-5-7-11(10)18-12/h4-7,9,13-14H,8H2,1-3H3. The highest BCUT2D eigenvalue weighted by molar-refractivity contribution is 7.18. The summed E-state index contributed by atoms with van der Waals surface area (Å²) in [4.78, 5) is 4.57. The molecule has 0 aliphatic heterocycles. The van der Waals surface area contributed by atoms with Crippen molar-refractivity contribution in [3.8, 4) is 0 Å². The maximum Gasteiger partial charge on any atom is 0.171 e. The molecule has 18 heavy (non-hydrogen) atoms. The van der Waals surface area contributed by atoms with E-state index in [1.807, 2.05) is 25.1 Å². The van der Waals surface area contributed by atoms with Gasteiger partial charge in [-0.15, -0.1) is 11.3 Å². The van der Waals surface area contributed by atoms with Gasteiger partial charge in [0.05, 0.1) is 16.3 Å². The molecule has 1 unspecified atom stereocenters. The van der Waals surface area contributed by atoms with Gasteiger partial charge in [-0.2, -0.15) is 0 Å². The van der Waals surface area contributed by atoms with Crippen molar-refractivity contribution in [1.29, 1.82) is 0 Å². The fourth-order valence-corrected chi connectivity index (χ4v) is 2.76. The molecule has 0 amide bonds. The number of aromatic nitrogens is 1. The van der Waals surface area contributed by atoms with Gasteiger partial charge in [-0.3, -0.25) is 0 Å². The number of thiazole rings is 1. The molecule has 4 nitrogen and oxygen atoms in total. The van der Waals surface area contributed by atoms with E-state index in [0.29, 0.717) is 0 Å². The van der Waals surface area contributed by atoms with Crippen LogP contribution in [-0.4, -0.2) is 31.5 Å². The third-order valence-electron chi connectivity index (χ3n) is 2.79. The van der Waals surface area contributed by atoms with Gasteiger partial charge in [-0.1, -0.05) is 12.1 Å². The van der Waals surface area contributed by atoms with Crippen molar-refractivity contribution in [2.75, 3.05) is 14.2 Å². The summed E-state index contributed by atoms with van der Waals surface area (Å²) < 4.78 is 11.6. The van der Waals surface area contributed by atoms with E-state index >= 15 is 0 Å². The summed E-state index contributed by atoms with van der Waals surface area (Å²) in [6.07, 6.45) is -0.237. The number of hydrogen-bond acceptors (Lipinski definition) is 5. The Balaban J connectivity index is 1.97. The van der Waals surface area contributed by atoms with Crippen molar-refractivity contribution in [1.82, 2.24) is 10.3 Å². The van der Waals surface area contributed by atoms with Crippen LogP contribution >= 0.6 is 11.3 Å². The summed E-state index contributed by atoms with van der Waals surface area (Å²) in [5.41, 5.74) is 1.06. The Morgan fingerprint density at radius 2 is 2.00 bits per heavy atom. The lowest BCUT2D eigenvalue weighted by molar-refractivity contribution is -0.119. The van der Waals surface area contributed by atoms with Crippen LogP contribution in [0.2, 0.25) is 0 Å². The van der Waals surface area contributed by atoms with E-state index < -0.39 is 0 Å². The van der Waals surface area contributed by atoms with Crippen molar-refractivity contribution in [3.05, 3.63) is 29.3 Å². The van der Waals surface area contributed by atoms with Gasteiger partial charge in [0.25, 0.3) is 0 Å². The number of nitrogens with zero attached hydrogens (tertiary/aromatic N) is 1. The molecule has 0 spiro atoms. The molecule has 1 heterocycles. The smallest absolute Gasteiger partial charge is 0.171 e. The maximum absolute atomic E-state index is 5.21. The minimum atomic E-state index is -0.237. The highest BCUT2D eigenvalue weighted by atomic mass is 32.1. The number of nitrogens with one attached hydrogen (secondary N) is 1. The molecule has 0 bridgehead atoms. The fraction of sp³-hybridized carbons (Fsp3) is 0.462. The Bertz CT molecular complexity index is 463. The van der Waals surface area contributed by atoms with Gasteiger partial charge in [0.1, 0.15) is 5.01 Å². The van der Waals surface area contributed by atoms with E-state index in [1.165, 1.54) is 4.70 Å². The van der Waals surface area contributed by atoms with Crippen LogP contribution in [0.4, 0.5) is 0 Å². The molecule has 0 radical (unpaired) electrons. The zero-order valence-corrected chi connectivity index (χ0v) is 11.7. The van der Waals surface area contributed by atoms with Crippen LogP contribution < -0.4 is 5.32 Å². The molecular weight excluding hydrogens is 248 g/mol. The van der Waals surface area contributed by atoms with Gasteiger partial charge in [0, 0.05) is 20.8 Å². The number of ether oxygens (including phenoxy) is 2. The lowest BCUT2D eigenvalue weighted by Crippen LogP contribution is -2.39. The van der Waals surface area contributed by atoms with E-state index in [-0.39, 0.29) is 12.3 Å². The second-order valence-corrected chi connectivity index (χ2v) is 5.20. The van der Waals surface area contributed by atoms with Gasteiger partial charge < -0.3 is 14.8 Å². The second-order valence-electron chi connectivity index (χ2n) is 4.08. The van der Waals surface area contributed by atoms with Crippen LogP contribution in [0.3, 0.4) is 0 Å².